The molecule has 1 aliphatic heterocycles. The second-order valence-electron chi connectivity index (χ2n) is 6.48. The zero-order chi connectivity index (χ0) is 21.1. The summed E-state index contributed by atoms with van der Waals surface area (Å²) in [5, 5.41) is 8.86. The molecule has 1 saturated heterocycles. The number of ether oxygens (including phenoxy) is 1. The highest BCUT2D eigenvalue weighted by molar-refractivity contribution is 8.19. The monoisotopic (exact) mass is 438 g/mol. The van der Waals surface area contributed by atoms with Gasteiger partial charge in [0.1, 0.15) is 18.2 Å². The molecule has 1 aliphatic rings. The lowest BCUT2D eigenvalue weighted by molar-refractivity contribution is -0.113. The third kappa shape index (κ3) is 4.40. The van der Waals surface area contributed by atoms with E-state index in [9.17, 15) is 9.18 Å². The SMILES string of the molecule is N=C1S/C(=C\c2ccc(OCc3ccccc3F)cc2)C(=O)N1c1ccc(Cl)cc1. The van der Waals surface area contributed by atoms with Crippen LogP contribution in [0.5, 0.6) is 5.75 Å². The first kappa shape index (κ1) is 20.2. The normalized spacial score (nSPS) is 15.1. The van der Waals surface area contributed by atoms with Gasteiger partial charge < -0.3 is 4.74 Å². The quantitative estimate of drug-likeness (QED) is 0.488. The van der Waals surface area contributed by atoms with Crippen LogP contribution in [0.1, 0.15) is 11.1 Å². The van der Waals surface area contributed by atoms with Crippen LogP contribution < -0.4 is 9.64 Å². The van der Waals surface area contributed by atoms with E-state index in [1.807, 2.05) is 12.1 Å². The lowest BCUT2D eigenvalue weighted by Crippen LogP contribution is -2.27. The number of halogens is 2. The smallest absolute Gasteiger partial charge is 0.271 e. The number of carbonyl (C=O) groups is 1. The lowest BCUT2D eigenvalue weighted by atomic mass is 10.2. The Morgan fingerprint density at radius 3 is 2.43 bits per heavy atom. The minimum absolute atomic E-state index is 0.134. The minimum atomic E-state index is -0.302. The Morgan fingerprint density at radius 1 is 1.03 bits per heavy atom. The van der Waals surface area contributed by atoms with Gasteiger partial charge in [0.15, 0.2) is 5.17 Å². The van der Waals surface area contributed by atoms with E-state index in [1.165, 1.54) is 11.0 Å². The van der Waals surface area contributed by atoms with Crippen LogP contribution in [0.25, 0.3) is 6.08 Å². The van der Waals surface area contributed by atoms with Gasteiger partial charge >= 0.3 is 0 Å². The van der Waals surface area contributed by atoms with Crippen LogP contribution in [-0.2, 0) is 11.4 Å². The Morgan fingerprint density at radius 2 is 1.73 bits per heavy atom. The van der Waals surface area contributed by atoms with Crippen molar-refractivity contribution in [2.75, 3.05) is 4.90 Å². The number of hydrogen-bond donors (Lipinski definition) is 1. The summed E-state index contributed by atoms with van der Waals surface area (Å²) in [5.74, 6) is 0.0388. The van der Waals surface area contributed by atoms with E-state index in [-0.39, 0.29) is 23.5 Å². The Balaban J connectivity index is 1.46. The lowest BCUT2D eigenvalue weighted by Gasteiger charge is -2.14. The number of carbonyl (C=O) groups excluding carboxylic acids is 1. The molecule has 0 unspecified atom stereocenters. The molecular formula is C23H16ClFN2O2S. The van der Waals surface area contributed by atoms with E-state index in [4.69, 9.17) is 21.7 Å². The summed E-state index contributed by atoms with van der Waals surface area (Å²) in [5.41, 5.74) is 1.88. The van der Waals surface area contributed by atoms with Crippen LogP contribution >= 0.6 is 23.4 Å². The second-order valence-corrected chi connectivity index (χ2v) is 7.95. The van der Waals surface area contributed by atoms with Gasteiger partial charge in [-0.3, -0.25) is 15.1 Å². The Labute approximate surface area is 182 Å². The predicted octanol–water partition coefficient (Wildman–Crippen LogP) is 6.11. The molecule has 30 heavy (non-hydrogen) atoms. The number of rotatable bonds is 5. The number of benzene rings is 3. The topological polar surface area (TPSA) is 53.4 Å². The van der Waals surface area contributed by atoms with Gasteiger partial charge in [-0.05, 0) is 65.9 Å². The highest BCUT2D eigenvalue weighted by Gasteiger charge is 2.33. The van der Waals surface area contributed by atoms with E-state index < -0.39 is 0 Å². The summed E-state index contributed by atoms with van der Waals surface area (Å²) in [7, 11) is 0. The minimum Gasteiger partial charge on any atom is -0.489 e. The summed E-state index contributed by atoms with van der Waals surface area (Å²) in [6, 6.07) is 20.4. The van der Waals surface area contributed by atoms with Crippen molar-refractivity contribution in [2.45, 2.75) is 6.61 Å². The summed E-state index contributed by atoms with van der Waals surface area (Å²) in [4.78, 5) is 14.6. The molecule has 3 aromatic rings. The summed E-state index contributed by atoms with van der Waals surface area (Å²) in [6.07, 6.45) is 1.73. The van der Waals surface area contributed by atoms with E-state index in [1.54, 1.807) is 60.7 Å². The molecule has 4 rings (SSSR count). The van der Waals surface area contributed by atoms with Gasteiger partial charge in [-0.25, -0.2) is 4.39 Å². The molecule has 3 aromatic carbocycles. The molecule has 0 spiro atoms. The van der Waals surface area contributed by atoms with Crippen LogP contribution in [0.3, 0.4) is 0 Å². The van der Waals surface area contributed by atoms with Crippen molar-refractivity contribution in [1.29, 1.82) is 5.41 Å². The van der Waals surface area contributed by atoms with Crippen molar-refractivity contribution in [3.8, 4) is 5.75 Å². The van der Waals surface area contributed by atoms with Crippen molar-refractivity contribution in [2.24, 2.45) is 0 Å². The Hall–Kier alpha value is -3.09. The molecule has 0 bridgehead atoms. The first-order valence-corrected chi connectivity index (χ1v) is 10.2. The number of nitrogens with zero attached hydrogens (tertiary/aromatic N) is 1. The molecule has 4 nitrogen and oxygen atoms in total. The summed E-state index contributed by atoms with van der Waals surface area (Å²) >= 11 is 7.01. The maximum absolute atomic E-state index is 13.7. The molecular weight excluding hydrogens is 423 g/mol. The summed E-state index contributed by atoms with van der Waals surface area (Å²) in [6.45, 7) is 0.134. The predicted molar refractivity (Wildman–Crippen MR) is 119 cm³/mol. The molecule has 0 aromatic heterocycles. The first-order chi connectivity index (χ1) is 14.5. The summed E-state index contributed by atoms with van der Waals surface area (Å²) < 4.78 is 19.3. The fourth-order valence-corrected chi connectivity index (χ4v) is 3.89. The Kier molecular flexibility index (Phi) is 5.88. The van der Waals surface area contributed by atoms with Crippen LogP contribution in [0, 0.1) is 11.2 Å². The number of anilines is 1. The average molecular weight is 439 g/mol. The van der Waals surface area contributed by atoms with Crippen molar-refractivity contribution in [1.82, 2.24) is 0 Å². The van der Waals surface area contributed by atoms with E-state index in [0.29, 0.717) is 26.9 Å². The molecule has 1 N–H and O–H groups in total. The maximum atomic E-state index is 13.7. The van der Waals surface area contributed by atoms with Crippen molar-refractivity contribution in [3.05, 3.63) is 99.7 Å². The van der Waals surface area contributed by atoms with Gasteiger partial charge in [0.25, 0.3) is 5.91 Å². The van der Waals surface area contributed by atoms with Gasteiger partial charge in [-0.1, -0.05) is 41.9 Å². The number of amides is 1. The second kappa shape index (κ2) is 8.73. The first-order valence-electron chi connectivity index (χ1n) is 9.05. The molecule has 1 amide bonds. The molecule has 7 heteroatoms. The maximum Gasteiger partial charge on any atom is 0.271 e. The molecule has 0 saturated carbocycles. The van der Waals surface area contributed by atoms with Crippen molar-refractivity contribution < 1.29 is 13.9 Å². The van der Waals surface area contributed by atoms with E-state index >= 15 is 0 Å². The van der Waals surface area contributed by atoms with Gasteiger partial charge in [0.05, 0.1) is 10.6 Å². The van der Waals surface area contributed by atoms with Crippen LogP contribution in [0.2, 0.25) is 5.02 Å². The molecule has 150 valence electrons. The molecule has 0 radical (unpaired) electrons. The van der Waals surface area contributed by atoms with Crippen LogP contribution in [0.4, 0.5) is 10.1 Å². The van der Waals surface area contributed by atoms with Gasteiger partial charge in [-0.2, -0.15) is 0 Å². The van der Waals surface area contributed by atoms with Gasteiger partial charge in [0.2, 0.25) is 0 Å². The molecule has 0 aliphatic carbocycles. The zero-order valence-corrected chi connectivity index (χ0v) is 17.2. The third-order valence-electron chi connectivity index (χ3n) is 4.44. The van der Waals surface area contributed by atoms with Gasteiger partial charge in [-0.15, -0.1) is 0 Å². The number of amidine groups is 1. The standard InChI is InChI=1S/C23H16ClFN2O2S/c24-17-7-9-18(10-8-17)27-22(28)21(30-23(27)26)13-15-5-11-19(12-6-15)29-14-16-3-1-2-4-20(16)25/h1-13,26H,14H2/b21-13-,26-23?. The van der Waals surface area contributed by atoms with Gasteiger partial charge in [0, 0.05) is 10.6 Å². The number of thioether (sulfide) groups is 1. The zero-order valence-electron chi connectivity index (χ0n) is 15.6. The molecule has 1 fully saturated rings. The molecule has 1 heterocycles. The third-order valence-corrected chi connectivity index (χ3v) is 5.58. The fraction of sp³-hybridized carbons (Fsp3) is 0.0435. The highest BCUT2D eigenvalue weighted by atomic mass is 35.5. The van der Waals surface area contributed by atoms with Crippen LogP contribution in [0.15, 0.2) is 77.7 Å². The van der Waals surface area contributed by atoms with E-state index in [0.717, 1.165) is 17.3 Å². The van der Waals surface area contributed by atoms with E-state index in [2.05, 4.69) is 0 Å². The average Bonchev–Trinajstić information content (AvgIpc) is 3.02. The number of nitrogens with one attached hydrogen (secondary N) is 1. The number of hydrogen-bond acceptors (Lipinski definition) is 4. The highest BCUT2D eigenvalue weighted by Crippen LogP contribution is 2.35. The van der Waals surface area contributed by atoms with Crippen molar-refractivity contribution in [3.63, 3.8) is 0 Å². The van der Waals surface area contributed by atoms with Crippen LogP contribution in [-0.4, -0.2) is 11.1 Å². The largest absolute Gasteiger partial charge is 0.489 e. The molecule has 0 atom stereocenters. The fourth-order valence-electron chi connectivity index (χ4n) is 2.90. The Bertz CT molecular complexity index is 1130. The van der Waals surface area contributed by atoms with Crippen molar-refractivity contribution >= 4 is 46.2 Å².